The summed E-state index contributed by atoms with van der Waals surface area (Å²) < 4.78 is 6.47. The van der Waals surface area contributed by atoms with E-state index in [4.69, 9.17) is 10.5 Å². The van der Waals surface area contributed by atoms with Gasteiger partial charge in [-0.05, 0) is 80.1 Å². The number of phenols is 1. The van der Waals surface area contributed by atoms with Crippen molar-refractivity contribution in [3.63, 3.8) is 0 Å². The third-order valence-electron chi connectivity index (χ3n) is 13.8. The van der Waals surface area contributed by atoms with Crippen LogP contribution in [-0.2, 0) is 29.3 Å². The van der Waals surface area contributed by atoms with Gasteiger partial charge in [0.25, 0.3) is 0 Å². The number of carbonyl (C=O) groups excluding carboxylic acids is 4. The predicted molar refractivity (Wildman–Crippen MR) is 239 cm³/mol. The topological polar surface area (TPSA) is 190 Å². The molecule has 1 aromatic heterocycles. The highest BCUT2D eigenvalue weighted by Crippen LogP contribution is 2.42. The number of amides is 4. The third-order valence-corrected chi connectivity index (χ3v) is 13.8. The second-order valence-electron chi connectivity index (χ2n) is 17.5. The minimum absolute atomic E-state index is 0.112. The molecule has 4 aromatic rings. The van der Waals surface area contributed by atoms with Crippen LogP contribution in [0, 0.1) is 0 Å². The number of hydrogen-bond donors (Lipinski definition) is 4. The Balaban J connectivity index is 0.780. The first kappa shape index (κ1) is 42.1. The molecule has 9 rings (SSSR count). The summed E-state index contributed by atoms with van der Waals surface area (Å²) in [6.45, 7) is 7.32. The highest BCUT2D eigenvalue weighted by Gasteiger charge is 2.49. The monoisotopic (exact) mass is 856 g/mol. The van der Waals surface area contributed by atoms with Crippen LogP contribution in [0.3, 0.4) is 0 Å². The number of piperidine rings is 3. The number of piperazine rings is 1. The lowest BCUT2D eigenvalue weighted by molar-refractivity contribution is -0.165. The van der Waals surface area contributed by atoms with Crippen molar-refractivity contribution < 1.29 is 29.0 Å². The van der Waals surface area contributed by atoms with E-state index in [1.54, 1.807) is 18.2 Å². The molecule has 0 aliphatic carbocycles. The van der Waals surface area contributed by atoms with E-state index in [0.717, 1.165) is 48.8 Å². The standard InChI is InChI=1S/C47H56N10O6/c48-43-39(30-38(51-52-43)36-8-4-5-9-40(36)58)55-22-18-47(19-23-55,33-6-2-1-3-7-33)45(62)56-20-16-46(17-21-56)32-57(28-29-63-46)42(60)31-53-24-26-54(27-25-53)35-12-10-34(11-13-35)49-37-14-15-41(59)50-44(37)61/h1-13,30,37,49,58H,14-29,31-32H2,(H2,48,52)(H,50,59,61). The average Bonchev–Trinajstić information content (AvgIpc) is 3.31. The first-order chi connectivity index (χ1) is 30.6. The van der Waals surface area contributed by atoms with Crippen LogP contribution >= 0.6 is 0 Å². The molecule has 330 valence electrons. The van der Waals surface area contributed by atoms with Crippen molar-refractivity contribution in [1.82, 2.24) is 30.2 Å². The van der Waals surface area contributed by atoms with Crippen LogP contribution in [0.15, 0.2) is 84.9 Å². The summed E-state index contributed by atoms with van der Waals surface area (Å²) in [7, 11) is 0. The van der Waals surface area contributed by atoms with Gasteiger partial charge in [0.2, 0.25) is 23.6 Å². The van der Waals surface area contributed by atoms with Crippen LogP contribution in [0.5, 0.6) is 5.75 Å². The Morgan fingerprint density at radius 3 is 2.24 bits per heavy atom. The number of aromatic nitrogens is 2. The van der Waals surface area contributed by atoms with Crippen LogP contribution in [0.4, 0.5) is 22.9 Å². The molecule has 5 aliphatic rings. The fourth-order valence-corrected chi connectivity index (χ4v) is 10.0. The van der Waals surface area contributed by atoms with Crippen molar-refractivity contribution in [3.05, 3.63) is 90.5 Å². The molecule has 1 atom stereocenters. The van der Waals surface area contributed by atoms with Gasteiger partial charge in [-0.3, -0.25) is 29.4 Å². The van der Waals surface area contributed by atoms with Gasteiger partial charge in [0.1, 0.15) is 11.8 Å². The molecule has 5 N–H and O–H groups in total. The van der Waals surface area contributed by atoms with Gasteiger partial charge in [0, 0.05) is 88.8 Å². The smallest absolute Gasteiger partial charge is 0.249 e. The Morgan fingerprint density at radius 2 is 1.52 bits per heavy atom. The number of hydrogen-bond acceptors (Lipinski definition) is 13. The maximum absolute atomic E-state index is 14.8. The maximum atomic E-state index is 14.8. The fourth-order valence-electron chi connectivity index (χ4n) is 10.0. The predicted octanol–water partition coefficient (Wildman–Crippen LogP) is 3.23. The van der Waals surface area contributed by atoms with Gasteiger partial charge in [-0.1, -0.05) is 42.5 Å². The number of nitrogen functional groups attached to an aromatic ring is 1. The molecule has 0 saturated carbocycles. The number of imide groups is 1. The van der Waals surface area contributed by atoms with Crippen molar-refractivity contribution in [2.75, 3.05) is 99.4 Å². The summed E-state index contributed by atoms with van der Waals surface area (Å²) >= 11 is 0. The summed E-state index contributed by atoms with van der Waals surface area (Å²) in [6, 6.07) is 26.6. The van der Waals surface area contributed by atoms with Crippen molar-refractivity contribution in [2.45, 2.75) is 55.6 Å². The van der Waals surface area contributed by atoms with Gasteiger partial charge in [-0.25, -0.2) is 0 Å². The number of phenolic OH excluding ortho intramolecular Hbond substituents is 1. The Kier molecular flexibility index (Phi) is 11.9. The summed E-state index contributed by atoms with van der Waals surface area (Å²) in [5, 5.41) is 24.6. The lowest BCUT2D eigenvalue weighted by Gasteiger charge is -2.50. The lowest BCUT2D eigenvalue weighted by Crippen LogP contribution is -2.61. The highest BCUT2D eigenvalue weighted by atomic mass is 16.5. The van der Waals surface area contributed by atoms with E-state index >= 15 is 0 Å². The number of nitrogens with one attached hydrogen (secondary N) is 2. The number of nitrogens with two attached hydrogens (primary N) is 1. The fraction of sp³-hybridized carbons (Fsp3) is 0.447. The lowest BCUT2D eigenvalue weighted by atomic mass is 9.71. The number of ether oxygens (including phenoxy) is 1. The van der Waals surface area contributed by atoms with E-state index in [-0.39, 0.29) is 29.4 Å². The molecule has 1 unspecified atom stereocenters. The number of carbonyl (C=O) groups is 4. The molecule has 3 aromatic carbocycles. The summed E-state index contributed by atoms with van der Waals surface area (Å²) in [5.74, 6) is 0.140. The normalized spacial score (nSPS) is 21.6. The summed E-state index contributed by atoms with van der Waals surface area (Å²) in [6.07, 6.45) is 3.31. The van der Waals surface area contributed by atoms with E-state index in [0.29, 0.717) is 108 Å². The SMILES string of the molecule is Nc1nnc(-c2ccccc2O)cc1N1CCC(C(=O)N2CCC3(CC2)CN(C(=O)CN2CCN(c4ccc(NC5CCC(=O)NC5=O)cc4)CC2)CCO3)(c2ccccc2)CC1. The zero-order valence-corrected chi connectivity index (χ0v) is 35.6. The van der Waals surface area contributed by atoms with Crippen LogP contribution in [0.1, 0.15) is 44.1 Å². The average molecular weight is 857 g/mol. The van der Waals surface area contributed by atoms with Crippen LogP contribution < -0.4 is 26.2 Å². The number of likely N-dealkylation sites (tertiary alicyclic amines) is 1. The third kappa shape index (κ3) is 8.87. The number of aromatic hydroxyl groups is 1. The highest BCUT2D eigenvalue weighted by molar-refractivity contribution is 6.01. The molecular formula is C47H56N10O6. The second-order valence-corrected chi connectivity index (χ2v) is 17.5. The van der Waals surface area contributed by atoms with Crippen LogP contribution in [0.25, 0.3) is 11.3 Å². The van der Waals surface area contributed by atoms with E-state index in [9.17, 15) is 24.3 Å². The number of anilines is 4. The van der Waals surface area contributed by atoms with Crippen molar-refractivity contribution in [3.8, 4) is 17.0 Å². The molecule has 16 nitrogen and oxygen atoms in total. The molecule has 5 fully saturated rings. The van der Waals surface area contributed by atoms with Gasteiger partial charge >= 0.3 is 0 Å². The Hall–Kier alpha value is -6.26. The molecular weight excluding hydrogens is 801 g/mol. The van der Waals surface area contributed by atoms with Crippen molar-refractivity contribution in [2.24, 2.45) is 0 Å². The van der Waals surface area contributed by atoms with Crippen LogP contribution in [0.2, 0.25) is 0 Å². The molecule has 63 heavy (non-hydrogen) atoms. The molecule has 5 saturated heterocycles. The number of para-hydroxylation sites is 1. The van der Waals surface area contributed by atoms with Crippen LogP contribution in [-0.4, -0.2) is 144 Å². The largest absolute Gasteiger partial charge is 0.507 e. The minimum atomic E-state index is -0.712. The van der Waals surface area contributed by atoms with Gasteiger partial charge in [-0.2, -0.15) is 0 Å². The van der Waals surface area contributed by atoms with Crippen molar-refractivity contribution in [1.29, 1.82) is 0 Å². The number of benzene rings is 3. The van der Waals surface area contributed by atoms with Gasteiger partial charge in [-0.15, -0.1) is 10.2 Å². The van der Waals surface area contributed by atoms with E-state index in [1.165, 1.54) is 0 Å². The molecule has 4 amide bonds. The zero-order chi connectivity index (χ0) is 43.6. The van der Waals surface area contributed by atoms with Gasteiger partial charge < -0.3 is 40.5 Å². The first-order valence-corrected chi connectivity index (χ1v) is 22.2. The quantitative estimate of drug-likeness (QED) is 0.180. The van der Waals surface area contributed by atoms with Gasteiger partial charge in [0.05, 0.1) is 35.5 Å². The Bertz CT molecular complexity index is 2300. The molecule has 1 spiro atoms. The molecule has 0 radical (unpaired) electrons. The zero-order valence-electron chi connectivity index (χ0n) is 35.6. The molecule has 16 heteroatoms. The molecule has 5 aliphatic heterocycles. The van der Waals surface area contributed by atoms with Crippen molar-refractivity contribution >= 4 is 46.5 Å². The van der Waals surface area contributed by atoms with E-state index < -0.39 is 17.1 Å². The first-order valence-electron chi connectivity index (χ1n) is 22.2. The second kappa shape index (κ2) is 17.8. The molecule has 6 heterocycles. The van der Waals surface area contributed by atoms with Gasteiger partial charge in [0.15, 0.2) is 5.82 Å². The number of morpholine rings is 1. The van der Waals surface area contributed by atoms with E-state index in [2.05, 4.69) is 47.7 Å². The Morgan fingerprint density at radius 1 is 0.810 bits per heavy atom. The number of rotatable bonds is 9. The summed E-state index contributed by atoms with van der Waals surface area (Å²) in [4.78, 5) is 63.0. The number of nitrogens with zero attached hydrogens (tertiary/aromatic N) is 7. The van der Waals surface area contributed by atoms with E-state index in [1.807, 2.05) is 64.4 Å². The Labute approximate surface area is 367 Å². The summed E-state index contributed by atoms with van der Waals surface area (Å²) in [5.41, 5.74) is 9.95. The minimum Gasteiger partial charge on any atom is -0.507 e. The maximum Gasteiger partial charge on any atom is 0.249 e. The molecule has 0 bridgehead atoms.